The van der Waals surface area contributed by atoms with E-state index in [9.17, 15) is 18.0 Å². The van der Waals surface area contributed by atoms with Gasteiger partial charge in [0.25, 0.3) is 0 Å². The van der Waals surface area contributed by atoms with Crippen LogP contribution in [-0.2, 0) is 39.8 Å². The van der Waals surface area contributed by atoms with E-state index in [1.165, 1.54) is 11.6 Å². The average molecular weight is 530 g/mol. The lowest BCUT2D eigenvalue weighted by atomic mass is 9.95. The lowest BCUT2D eigenvalue weighted by molar-refractivity contribution is -0.137. The highest BCUT2D eigenvalue weighted by Crippen LogP contribution is 2.38. The van der Waals surface area contributed by atoms with E-state index in [2.05, 4.69) is 16.0 Å². The van der Waals surface area contributed by atoms with Crippen molar-refractivity contribution in [3.8, 4) is 0 Å². The Labute approximate surface area is 221 Å². The van der Waals surface area contributed by atoms with Gasteiger partial charge in [-0.3, -0.25) is 19.6 Å². The first-order valence-corrected chi connectivity index (χ1v) is 13.7. The molecule has 38 heavy (non-hydrogen) atoms. The predicted molar refractivity (Wildman–Crippen MR) is 135 cm³/mol. The topological polar surface area (TPSA) is 54.9 Å². The molecule has 9 heteroatoms. The van der Waals surface area contributed by atoms with E-state index >= 15 is 0 Å². The third kappa shape index (κ3) is 5.52. The first kappa shape index (κ1) is 25.9. The summed E-state index contributed by atoms with van der Waals surface area (Å²) in [4.78, 5) is 22.0. The first-order chi connectivity index (χ1) is 18.3. The summed E-state index contributed by atoms with van der Waals surface area (Å²) in [6, 6.07) is 6.39. The van der Waals surface area contributed by atoms with Gasteiger partial charge in [-0.05, 0) is 60.6 Å². The Kier molecular flexibility index (Phi) is 7.28. The quantitative estimate of drug-likeness (QED) is 0.536. The van der Waals surface area contributed by atoms with Crippen LogP contribution in [0.5, 0.6) is 0 Å². The number of carbonyl (C=O) groups excluding carboxylic acids is 1. The van der Waals surface area contributed by atoms with E-state index in [0.717, 1.165) is 62.8 Å². The highest BCUT2D eigenvalue weighted by Gasteiger charge is 2.41. The van der Waals surface area contributed by atoms with Crippen LogP contribution >= 0.6 is 0 Å². The minimum atomic E-state index is -4.36. The minimum absolute atomic E-state index is 0.00232. The fourth-order valence-corrected chi connectivity index (χ4v) is 6.61. The zero-order chi connectivity index (χ0) is 26.3. The number of nitrogens with zero attached hydrogens (tertiary/aromatic N) is 3. The van der Waals surface area contributed by atoms with Crippen LogP contribution in [0, 0.1) is 5.92 Å². The lowest BCUT2D eigenvalue weighted by Gasteiger charge is -2.29. The number of alkyl halides is 3. The number of benzene rings is 1. The van der Waals surface area contributed by atoms with E-state index in [1.807, 2.05) is 17.3 Å². The van der Waals surface area contributed by atoms with Crippen LogP contribution < -0.4 is 0 Å². The number of rotatable bonds is 7. The van der Waals surface area contributed by atoms with Gasteiger partial charge in [0.1, 0.15) is 5.78 Å². The van der Waals surface area contributed by atoms with Crippen molar-refractivity contribution in [1.29, 1.82) is 0 Å². The van der Waals surface area contributed by atoms with Crippen LogP contribution in [0.4, 0.5) is 13.2 Å². The number of hydrogen-bond donors (Lipinski definition) is 0. The first-order valence-electron chi connectivity index (χ1n) is 13.7. The summed E-state index contributed by atoms with van der Waals surface area (Å²) < 4.78 is 51.9. The third-order valence-corrected chi connectivity index (χ3v) is 8.65. The average Bonchev–Trinajstić information content (AvgIpc) is 3.64. The number of hydrogen-bond acceptors (Lipinski definition) is 6. The van der Waals surface area contributed by atoms with Crippen molar-refractivity contribution in [2.45, 2.75) is 63.1 Å². The number of carbonyl (C=O) groups is 1. The monoisotopic (exact) mass is 529 g/mol. The molecular weight excluding hydrogens is 495 g/mol. The van der Waals surface area contributed by atoms with Crippen LogP contribution in [0.3, 0.4) is 0 Å². The molecule has 0 bridgehead atoms. The molecule has 3 unspecified atom stereocenters. The van der Waals surface area contributed by atoms with Gasteiger partial charge in [-0.25, -0.2) is 0 Å². The van der Waals surface area contributed by atoms with Crippen LogP contribution in [0.15, 0.2) is 36.7 Å². The van der Waals surface area contributed by atoms with E-state index in [-0.39, 0.29) is 30.5 Å². The molecule has 204 valence electrons. The predicted octanol–water partition coefficient (Wildman–Crippen LogP) is 4.21. The molecule has 2 fully saturated rings. The Balaban J connectivity index is 1.11. The maximum absolute atomic E-state index is 13.3. The summed E-state index contributed by atoms with van der Waals surface area (Å²) in [5.41, 5.74) is 3.42. The Morgan fingerprint density at radius 3 is 2.82 bits per heavy atom. The summed E-state index contributed by atoms with van der Waals surface area (Å²) in [5, 5.41) is 0. The van der Waals surface area contributed by atoms with E-state index in [4.69, 9.17) is 9.47 Å². The molecular formula is C29H34F3N3O3. The number of Topliss-reactive ketones (excluding diaryl/α,β-unsaturated/α-hetero) is 1. The van der Waals surface area contributed by atoms with Crippen molar-refractivity contribution in [1.82, 2.24) is 14.8 Å². The fraction of sp³-hybridized carbons (Fsp3) is 0.586. The van der Waals surface area contributed by atoms with Crippen LogP contribution in [0.25, 0.3) is 0 Å². The zero-order valence-corrected chi connectivity index (χ0v) is 21.5. The van der Waals surface area contributed by atoms with Gasteiger partial charge in [0.2, 0.25) is 0 Å². The van der Waals surface area contributed by atoms with Crippen molar-refractivity contribution < 1.29 is 27.4 Å². The van der Waals surface area contributed by atoms with Crippen molar-refractivity contribution in [2.75, 3.05) is 39.4 Å². The van der Waals surface area contributed by atoms with Gasteiger partial charge >= 0.3 is 6.18 Å². The number of ketones is 1. The van der Waals surface area contributed by atoms with Gasteiger partial charge < -0.3 is 9.47 Å². The summed E-state index contributed by atoms with van der Waals surface area (Å²) in [6.45, 7) is 4.37. The highest BCUT2D eigenvalue weighted by atomic mass is 19.4. The molecule has 1 aromatic heterocycles. The zero-order valence-electron chi connectivity index (χ0n) is 21.5. The van der Waals surface area contributed by atoms with Gasteiger partial charge in [-0.1, -0.05) is 6.07 Å². The van der Waals surface area contributed by atoms with Crippen molar-refractivity contribution in [2.24, 2.45) is 5.92 Å². The molecule has 0 saturated carbocycles. The Bertz CT molecular complexity index is 1170. The molecule has 3 aliphatic heterocycles. The van der Waals surface area contributed by atoms with Crippen molar-refractivity contribution in [3.63, 3.8) is 0 Å². The van der Waals surface area contributed by atoms with Gasteiger partial charge in [-0.15, -0.1) is 0 Å². The summed E-state index contributed by atoms with van der Waals surface area (Å²) >= 11 is 0. The molecule has 0 N–H and O–H groups in total. The molecule has 6 rings (SSSR count). The lowest BCUT2D eigenvalue weighted by Crippen LogP contribution is -2.36. The molecule has 0 radical (unpaired) electrons. The Morgan fingerprint density at radius 2 is 2.00 bits per heavy atom. The molecule has 1 aliphatic carbocycles. The number of halogens is 3. The second-order valence-electron chi connectivity index (χ2n) is 11.2. The SMILES string of the molecule is O=C(CC1CN(C2CCOC2)C[C@@H]1OC1CCc2ccncc21)CN1CCc2ccc(C(F)(F)F)cc2C1. The number of aryl methyl sites for hydroxylation is 1. The number of likely N-dealkylation sites (tertiary alicyclic amines) is 1. The van der Waals surface area contributed by atoms with Gasteiger partial charge in [0.15, 0.2) is 0 Å². The van der Waals surface area contributed by atoms with Crippen LogP contribution in [-0.4, -0.2) is 72.1 Å². The maximum atomic E-state index is 13.3. The highest BCUT2D eigenvalue weighted by molar-refractivity contribution is 5.80. The van der Waals surface area contributed by atoms with Crippen LogP contribution in [0.2, 0.25) is 0 Å². The number of pyridine rings is 1. The number of fused-ring (bicyclic) bond motifs is 2. The molecule has 0 amide bonds. The smallest absolute Gasteiger partial charge is 0.380 e. The largest absolute Gasteiger partial charge is 0.416 e. The van der Waals surface area contributed by atoms with Gasteiger partial charge in [0.05, 0.1) is 30.9 Å². The third-order valence-electron chi connectivity index (χ3n) is 8.65. The minimum Gasteiger partial charge on any atom is -0.380 e. The number of aromatic nitrogens is 1. The normalized spacial score (nSPS) is 28.0. The van der Waals surface area contributed by atoms with Crippen molar-refractivity contribution in [3.05, 3.63) is 64.5 Å². The molecule has 4 atom stereocenters. The van der Waals surface area contributed by atoms with Crippen molar-refractivity contribution >= 4 is 5.78 Å². The van der Waals surface area contributed by atoms with E-state index < -0.39 is 11.7 Å². The molecule has 1 aromatic carbocycles. The van der Waals surface area contributed by atoms with Gasteiger partial charge in [0, 0.05) is 69.1 Å². The van der Waals surface area contributed by atoms with Gasteiger partial charge in [-0.2, -0.15) is 13.2 Å². The second kappa shape index (κ2) is 10.7. The Hall–Kier alpha value is -2.33. The summed E-state index contributed by atoms with van der Waals surface area (Å²) in [6.07, 6.45) is 3.28. The fourth-order valence-electron chi connectivity index (χ4n) is 6.61. The molecule has 6 nitrogen and oxygen atoms in total. The molecule has 0 spiro atoms. The number of ether oxygens (including phenoxy) is 2. The van der Waals surface area contributed by atoms with E-state index in [1.54, 1.807) is 6.07 Å². The molecule has 2 saturated heterocycles. The molecule has 4 aliphatic rings. The Morgan fingerprint density at radius 1 is 1.11 bits per heavy atom. The van der Waals surface area contributed by atoms with E-state index in [0.29, 0.717) is 37.5 Å². The molecule has 2 aromatic rings. The van der Waals surface area contributed by atoms with Crippen LogP contribution in [0.1, 0.15) is 53.2 Å². The second-order valence-corrected chi connectivity index (χ2v) is 11.2. The maximum Gasteiger partial charge on any atom is 0.416 e. The standard InChI is InChI=1S/C29H34F3N3O3/c30-29(31,32)23-3-1-19-6-9-34(14-21(19)11-23)16-25(36)12-22-15-35(24-7-10-37-18-24)17-28(22)38-27-4-2-20-5-8-33-13-26(20)27/h1,3,5,8,11,13,22,24,27-28H,2,4,6-7,9-10,12,14-18H2/t22?,24?,27?,28-/m0/s1. The molecule has 4 heterocycles. The summed E-state index contributed by atoms with van der Waals surface area (Å²) in [7, 11) is 0. The summed E-state index contributed by atoms with van der Waals surface area (Å²) in [5.74, 6) is 0.203.